The molecule has 10 heteroatoms. The topological polar surface area (TPSA) is 102 Å². The lowest BCUT2D eigenvalue weighted by atomic mass is 10.2. The fourth-order valence-corrected chi connectivity index (χ4v) is 5.12. The van der Waals surface area contributed by atoms with Crippen molar-refractivity contribution in [3.63, 3.8) is 0 Å². The minimum absolute atomic E-state index is 0.0344. The summed E-state index contributed by atoms with van der Waals surface area (Å²) in [7, 11) is -2.11. The van der Waals surface area contributed by atoms with E-state index in [2.05, 4.69) is 4.98 Å². The maximum Gasteiger partial charge on any atom is 0.303 e. The zero-order valence-electron chi connectivity index (χ0n) is 15.5. The van der Waals surface area contributed by atoms with Crippen molar-refractivity contribution in [1.29, 1.82) is 0 Å². The maximum absolute atomic E-state index is 13.5. The molecule has 4 rings (SSSR count). The smallest absolute Gasteiger partial charge is 0.303 e. The van der Waals surface area contributed by atoms with Gasteiger partial charge in [0.05, 0.1) is 34.6 Å². The number of halogens is 1. The Balaban J connectivity index is 1.88. The fourth-order valence-electron chi connectivity index (χ4n) is 3.39. The average molecular weight is 436 g/mol. The molecular formula is C19H18ClN3O5S. The molecule has 29 heavy (non-hydrogen) atoms. The van der Waals surface area contributed by atoms with E-state index in [0.29, 0.717) is 35.6 Å². The number of benzene rings is 1. The van der Waals surface area contributed by atoms with Crippen LogP contribution in [0.3, 0.4) is 0 Å². The molecular weight excluding hydrogens is 418 g/mol. The zero-order valence-corrected chi connectivity index (χ0v) is 17.1. The van der Waals surface area contributed by atoms with E-state index in [1.54, 1.807) is 18.2 Å². The van der Waals surface area contributed by atoms with Crippen molar-refractivity contribution in [3.8, 4) is 5.75 Å². The second-order valence-corrected chi connectivity index (χ2v) is 8.91. The molecule has 0 fully saturated rings. The lowest BCUT2D eigenvalue weighted by Crippen LogP contribution is -2.29. The number of carboxylic acid groups (broad SMARTS) is 1. The van der Waals surface area contributed by atoms with Crippen molar-refractivity contribution in [1.82, 2.24) is 8.96 Å². The standard InChI is InChI=1S/C19H18ClN3O5S/c1-22-8-9-28-17-11-13(3-4-16(17)22)29(26,27)23-12(2-7-19(24)25)10-14-15(23)5-6-18(20)21-14/h3-6,10-11H,2,7-9H2,1H3,(H,24,25). The van der Waals surface area contributed by atoms with Gasteiger partial charge in [-0.2, -0.15) is 0 Å². The van der Waals surface area contributed by atoms with Crippen LogP contribution in [-0.2, 0) is 21.2 Å². The van der Waals surface area contributed by atoms with E-state index in [4.69, 9.17) is 21.4 Å². The molecule has 0 radical (unpaired) electrons. The van der Waals surface area contributed by atoms with Crippen LogP contribution >= 0.6 is 11.6 Å². The van der Waals surface area contributed by atoms with Gasteiger partial charge in [-0.15, -0.1) is 0 Å². The SMILES string of the molecule is CN1CCOc2cc(S(=O)(=O)n3c(CCC(=O)O)cc4nc(Cl)ccc43)ccc21. The van der Waals surface area contributed by atoms with Crippen LogP contribution in [0.5, 0.6) is 5.75 Å². The number of carboxylic acids is 1. The zero-order chi connectivity index (χ0) is 20.8. The van der Waals surface area contributed by atoms with E-state index in [1.165, 1.54) is 18.2 Å². The van der Waals surface area contributed by atoms with Crippen LogP contribution in [0.15, 0.2) is 41.3 Å². The molecule has 1 N–H and O–H groups in total. The van der Waals surface area contributed by atoms with Gasteiger partial charge in [0.15, 0.2) is 0 Å². The number of hydrogen-bond donors (Lipinski definition) is 1. The summed E-state index contributed by atoms with van der Waals surface area (Å²) in [6, 6.07) is 9.35. The van der Waals surface area contributed by atoms with E-state index in [-0.39, 0.29) is 22.9 Å². The van der Waals surface area contributed by atoms with Crippen molar-refractivity contribution in [2.24, 2.45) is 0 Å². The minimum atomic E-state index is -4.02. The van der Waals surface area contributed by atoms with Crippen molar-refractivity contribution in [2.45, 2.75) is 17.7 Å². The Kier molecular flexibility index (Phi) is 4.87. The van der Waals surface area contributed by atoms with Gasteiger partial charge in [-0.1, -0.05) is 11.6 Å². The quantitative estimate of drug-likeness (QED) is 0.615. The number of likely N-dealkylation sites (N-methyl/N-ethyl adjacent to an activating group) is 1. The number of aromatic nitrogens is 2. The largest absolute Gasteiger partial charge is 0.490 e. The number of aliphatic carboxylic acids is 1. The molecule has 1 aliphatic heterocycles. The highest BCUT2D eigenvalue weighted by atomic mass is 35.5. The van der Waals surface area contributed by atoms with Crippen molar-refractivity contribution < 1.29 is 23.1 Å². The highest BCUT2D eigenvalue weighted by molar-refractivity contribution is 7.90. The average Bonchev–Trinajstić information content (AvgIpc) is 3.04. The number of fused-ring (bicyclic) bond motifs is 2. The molecule has 0 saturated carbocycles. The molecule has 3 heterocycles. The second kappa shape index (κ2) is 7.23. The Morgan fingerprint density at radius 3 is 2.83 bits per heavy atom. The Hall–Kier alpha value is -2.78. The second-order valence-electron chi connectivity index (χ2n) is 6.74. The van der Waals surface area contributed by atoms with E-state index in [9.17, 15) is 13.2 Å². The maximum atomic E-state index is 13.5. The third-order valence-corrected chi connectivity index (χ3v) is 6.78. The van der Waals surface area contributed by atoms with Crippen molar-refractivity contribution in [2.75, 3.05) is 25.1 Å². The van der Waals surface area contributed by atoms with Crippen LogP contribution in [0.1, 0.15) is 12.1 Å². The number of anilines is 1. The van der Waals surface area contributed by atoms with Gasteiger partial charge in [0.2, 0.25) is 0 Å². The first-order chi connectivity index (χ1) is 13.8. The molecule has 152 valence electrons. The van der Waals surface area contributed by atoms with E-state index in [1.807, 2.05) is 11.9 Å². The summed E-state index contributed by atoms with van der Waals surface area (Å²) in [6.45, 7) is 1.18. The summed E-state index contributed by atoms with van der Waals surface area (Å²) in [6.07, 6.45) is -0.176. The Morgan fingerprint density at radius 1 is 1.28 bits per heavy atom. The summed E-state index contributed by atoms with van der Waals surface area (Å²) in [5.41, 5.74) is 1.86. The molecule has 0 aliphatic carbocycles. The summed E-state index contributed by atoms with van der Waals surface area (Å²) in [5.74, 6) is -0.528. The predicted molar refractivity (Wildman–Crippen MR) is 108 cm³/mol. The molecule has 1 aromatic carbocycles. The Morgan fingerprint density at radius 2 is 2.07 bits per heavy atom. The third kappa shape index (κ3) is 3.51. The van der Waals surface area contributed by atoms with E-state index >= 15 is 0 Å². The lowest BCUT2D eigenvalue weighted by Gasteiger charge is -2.28. The van der Waals surface area contributed by atoms with Gasteiger partial charge in [0.1, 0.15) is 17.5 Å². The number of pyridine rings is 1. The van der Waals surface area contributed by atoms with Gasteiger partial charge in [-0.3, -0.25) is 4.79 Å². The van der Waals surface area contributed by atoms with Crippen LogP contribution in [0.4, 0.5) is 5.69 Å². The predicted octanol–water partition coefficient (Wildman–Crippen LogP) is 2.77. The van der Waals surface area contributed by atoms with Gasteiger partial charge < -0.3 is 14.7 Å². The highest BCUT2D eigenvalue weighted by Crippen LogP contribution is 2.35. The first kappa shape index (κ1) is 19.5. The summed E-state index contributed by atoms with van der Waals surface area (Å²) in [4.78, 5) is 17.3. The minimum Gasteiger partial charge on any atom is -0.490 e. The van der Waals surface area contributed by atoms with E-state index < -0.39 is 16.0 Å². The molecule has 0 spiro atoms. The number of nitrogens with zero attached hydrogens (tertiary/aromatic N) is 3. The molecule has 0 amide bonds. The molecule has 3 aromatic rings. The summed E-state index contributed by atoms with van der Waals surface area (Å²) in [5, 5.41) is 9.27. The van der Waals surface area contributed by atoms with E-state index in [0.717, 1.165) is 9.66 Å². The Bertz CT molecular complexity index is 1220. The molecule has 0 saturated heterocycles. The van der Waals surface area contributed by atoms with Crippen LogP contribution in [-0.4, -0.2) is 48.6 Å². The number of aryl methyl sites for hydroxylation is 1. The molecule has 1 aliphatic rings. The molecule has 0 unspecified atom stereocenters. The first-order valence-electron chi connectivity index (χ1n) is 8.89. The summed E-state index contributed by atoms with van der Waals surface area (Å²) < 4.78 is 33.8. The van der Waals surface area contributed by atoms with Gasteiger partial charge >= 0.3 is 5.97 Å². The van der Waals surface area contributed by atoms with Gasteiger partial charge in [-0.25, -0.2) is 17.4 Å². The van der Waals surface area contributed by atoms with Gasteiger partial charge in [0, 0.05) is 18.8 Å². The number of hydrogen-bond acceptors (Lipinski definition) is 6. The van der Waals surface area contributed by atoms with Gasteiger partial charge in [0.25, 0.3) is 10.0 Å². The van der Waals surface area contributed by atoms with Gasteiger partial charge in [-0.05, 0) is 36.8 Å². The van der Waals surface area contributed by atoms with Crippen LogP contribution < -0.4 is 9.64 Å². The van der Waals surface area contributed by atoms with Crippen LogP contribution in [0.2, 0.25) is 5.15 Å². The third-order valence-electron chi connectivity index (χ3n) is 4.81. The van der Waals surface area contributed by atoms with Crippen molar-refractivity contribution >= 4 is 44.3 Å². The molecule has 2 aromatic heterocycles. The lowest BCUT2D eigenvalue weighted by molar-refractivity contribution is -0.136. The van der Waals surface area contributed by atoms with Crippen LogP contribution in [0.25, 0.3) is 11.0 Å². The fraction of sp³-hybridized carbons (Fsp3) is 0.263. The molecule has 8 nitrogen and oxygen atoms in total. The number of ether oxygens (including phenoxy) is 1. The monoisotopic (exact) mass is 435 g/mol. The van der Waals surface area contributed by atoms with Crippen LogP contribution in [0, 0.1) is 0 Å². The molecule has 0 bridgehead atoms. The van der Waals surface area contributed by atoms with Crippen molar-refractivity contribution in [3.05, 3.63) is 47.2 Å². The first-order valence-corrected chi connectivity index (χ1v) is 10.7. The Labute approximate surface area is 172 Å². The highest BCUT2D eigenvalue weighted by Gasteiger charge is 2.26. The molecule has 0 atom stereocenters. The number of rotatable bonds is 5. The normalized spacial score (nSPS) is 13.9. The summed E-state index contributed by atoms with van der Waals surface area (Å²) >= 11 is 5.95. The number of carbonyl (C=O) groups is 1.